The van der Waals surface area contributed by atoms with Crippen molar-refractivity contribution >= 4 is 0 Å². The summed E-state index contributed by atoms with van der Waals surface area (Å²) in [5.74, 6) is 1.48. The Morgan fingerprint density at radius 1 is 1.38 bits per heavy atom. The minimum Gasteiger partial charge on any atom is -0.493 e. The Balaban J connectivity index is 2.23. The highest BCUT2D eigenvalue weighted by atomic mass is 16.5. The van der Waals surface area contributed by atoms with Gasteiger partial charge in [0.05, 0.1) is 14.2 Å². The summed E-state index contributed by atoms with van der Waals surface area (Å²) in [7, 11) is 3.32. The van der Waals surface area contributed by atoms with Gasteiger partial charge in [0, 0.05) is 36.9 Å². The lowest BCUT2D eigenvalue weighted by Crippen LogP contribution is -2.47. The summed E-state index contributed by atoms with van der Waals surface area (Å²) in [4.78, 5) is 6.96. The monoisotopic (exact) mass is 293 g/mol. The van der Waals surface area contributed by atoms with Crippen molar-refractivity contribution in [1.29, 1.82) is 0 Å². The van der Waals surface area contributed by atoms with Crippen LogP contribution in [0.3, 0.4) is 0 Å². The van der Waals surface area contributed by atoms with Crippen molar-refractivity contribution in [3.63, 3.8) is 0 Å². The summed E-state index contributed by atoms with van der Waals surface area (Å²) < 4.78 is 10.9. The molecule has 0 aliphatic carbocycles. The Bertz CT molecular complexity index is 477. The maximum absolute atomic E-state index is 5.50. The fourth-order valence-electron chi connectivity index (χ4n) is 2.89. The molecule has 0 bridgehead atoms. The van der Waals surface area contributed by atoms with Gasteiger partial charge >= 0.3 is 0 Å². The van der Waals surface area contributed by atoms with Crippen LogP contribution in [0, 0.1) is 0 Å². The first-order chi connectivity index (χ1) is 9.96. The summed E-state index contributed by atoms with van der Waals surface area (Å²) in [5.41, 5.74) is 1.04. The summed E-state index contributed by atoms with van der Waals surface area (Å²) in [6, 6.07) is 2.34. The molecule has 5 heteroatoms. The van der Waals surface area contributed by atoms with Gasteiger partial charge in [-0.05, 0) is 33.7 Å². The predicted molar refractivity (Wildman–Crippen MR) is 83.9 cm³/mol. The van der Waals surface area contributed by atoms with Gasteiger partial charge in [0.2, 0.25) is 0 Å². The largest absolute Gasteiger partial charge is 0.493 e. The normalized spacial score (nSPS) is 22.6. The molecule has 0 saturated carbocycles. The van der Waals surface area contributed by atoms with E-state index in [-0.39, 0.29) is 5.54 Å². The first kappa shape index (κ1) is 16.0. The van der Waals surface area contributed by atoms with Gasteiger partial charge in [-0.15, -0.1) is 0 Å². The quantitative estimate of drug-likeness (QED) is 0.921. The molecule has 21 heavy (non-hydrogen) atoms. The Labute approximate surface area is 127 Å². The summed E-state index contributed by atoms with van der Waals surface area (Å²) in [6.07, 6.45) is 2.91. The van der Waals surface area contributed by atoms with Crippen molar-refractivity contribution in [3.05, 3.63) is 18.0 Å². The molecule has 1 fully saturated rings. The summed E-state index contributed by atoms with van der Waals surface area (Å²) >= 11 is 0. The number of pyridine rings is 1. The van der Waals surface area contributed by atoms with E-state index in [0.717, 1.165) is 43.2 Å². The third-order valence-corrected chi connectivity index (χ3v) is 4.11. The Morgan fingerprint density at radius 2 is 2.14 bits per heavy atom. The molecule has 0 spiro atoms. The lowest BCUT2D eigenvalue weighted by molar-refractivity contribution is 0.168. The van der Waals surface area contributed by atoms with Crippen LogP contribution in [0.1, 0.15) is 32.9 Å². The van der Waals surface area contributed by atoms with Crippen LogP contribution in [0.4, 0.5) is 0 Å². The number of nitrogens with zero attached hydrogens (tertiary/aromatic N) is 2. The molecule has 1 aromatic heterocycles. The van der Waals surface area contributed by atoms with Crippen LogP contribution in [0.2, 0.25) is 0 Å². The summed E-state index contributed by atoms with van der Waals surface area (Å²) in [6.45, 7) is 9.56. The molecule has 1 N–H and O–H groups in total. The van der Waals surface area contributed by atoms with Crippen molar-refractivity contribution in [2.24, 2.45) is 0 Å². The van der Waals surface area contributed by atoms with E-state index < -0.39 is 0 Å². The van der Waals surface area contributed by atoms with E-state index in [1.807, 2.05) is 6.07 Å². The van der Waals surface area contributed by atoms with E-state index in [1.165, 1.54) is 0 Å². The van der Waals surface area contributed by atoms with Gasteiger partial charge in [-0.2, -0.15) is 0 Å². The molecular formula is C16H27N3O2. The second kappa shape index (κ2) is 6.62. The zero-order chi connectivity index (χ0) is 15.5. The molecule has 0 aromatic carbocycles. The standard InChI is InChI=1S/C16H27N3O2/c1-12-6-9-18-16(2,3)11-19(12)10-13-15(21-5)14(20-4)7-8-17-13/h7-8,12,18H,6,9-11H2,1-5H3. The molecule has 1 aliphatic rings. The maximum atomic E-state index is 5.50. The maximum Gasteiger partial charge on any atom is 0.183 e. The number of nitrogens with one attached hydrogen (secondary N) is 1. The van der Waals surface area contributed by atoms with Gasteiger partial charge in [-0.1, -0.05) is 0 Å². The van der Waals surface area contributed by atoms with Crippen LogP contribution in [0.25, 0.3) is 0 Å². The van der Waals surface area contributed by atoms with E-state index >= 15 is 0 Å². The molecule has 0 radical (unpaired) electrons. The number of rotatable bonds is 4. The van der Waals surface area contributed by atoms with Crippen molar-refractivity contribution in [3.8, 4) is 11.5 Å². The van der Waals surface area contributed by atoms with Crippen LogP contribution in [-0.2, 0) is 6.54 Å². The first-order valence-electron chi connectivity index (χ1n) is 7.52. The van der Waals surface area contributed by atoms with Gasteiger partial charge in [0.15, 0.2) is 11.5 Å². The third kappa shape index (κ3) is 3.86. The second-order valence-corrected chi connectivity index (χ2v) is 6.35. The molecule has 118 valence electrons. The van der Waals surface area contributed by atoms with Gasteiger partial charge in [-0.3, -0.25) is 9.88 Å². The lowest BCUT2D eigenvalue weighted by Gasteiger charge is -2.33. The van der Waals surface area contributed by atoms with E-state index in [4.69, 9.17) is 9.47 Å². The van der Waals surface area contributed by atoms with Crippen molar-refractivity contribution in [1.82, 2.24) is 15.2 Å². The smallest absolute Gasteiger partial charge is 0.183 e. The van der Waals surface area contributed by atoms with Crippen molar-refractivity contribution in [2.75, 3.05) is 27.3 Å². The molecule has 1 aliphatic heterocycles. The van der Waals surface area contributed by atoms with Gasteiger partial charge in [0.25, 0.3) is 0 Å². The number of hydrogen-bond acceptors (Lipinski definition) is 5. The van der Waals surface area contributed by atoms with E-state index in [1.54, 1.807) is 20.4 Å². The highest BCUT2D eigenvalue weighted by Gasteiger charge is 2.29. The lowest BCUT2D eigenvalue weighted by atomic mass is 10.1. The van der Waals surface area contributed by atoms with Crippen LogP contribution in [0.15, 0.2) is 12.3 Å². The van der Waals surface area contributed by atoms with Crippen LogP contribution in [-0.4, -0.2) is 48.8 Å². The molecule has 1 saturated heterocycles. The first-order valence-corrected chi connectivity index (χ1v) is 7.52. The fraction of sp³-hybridized carbons (Fsp3) is 0.688. The Morgan fingerprint density at radius 3 is 2.81 bits per heavy atom. The average molecular weight is 293 g/mol. The van der Waals surface area contributed by atoms with Gasteiger partial charge in [0.1, 0.15) is 5.69 Å². The minimum atomic E-state index is 0.108. The van der Waals surface area contributed by atoms with Gasteiger partial charge in [-0.25, -0.2) is 0 Å². The van der Waals surface area contributed by atoms with E-state index in [9.17, 15) is 0 Å². The molecular weight excluding hydrogens is 266 g/mol. The molecule has 1 atom stereocenters. The number of methoxy groups -OCH3 is 2. The van der Waals surface area contributed by atoms with Crippen LogP contribution < -0.4 is 14.8 Å². The molecule has 5 nitrogen and oxygen atoms in total. The molecule has 1 aromatic rings. The average Bonchev–Trinajstić information content (AvgIpc) is 2.57. The predicted octanol–water partition coefficient (Wildman–Crippen LogP) is 2.06. The third-order valence-electron chi connectivity index (χ3n) is 4.11. The van der Waals surface area contributed by atoms with Crippen molar-refractivity contribution < 1.29 is 9.47 Å². The SMILES string of the molecule is COc1ccnc(CN2CC(C)(C)NCCC2C)c1OC. The van der Waals surface area contributed by atoms with E-state index in [2.05, 4.69) is 36.0 Å². The fourth-order valence-corrected chi connectivity index (χ4v) is 2.89. The Kier molecular flexibility index (Phi) is 5.06. The zero-order valence-electron chi connectivity index (χ0n) is 13.8. The van der Waals surface area contributed by atoms with Crippen LogP contribution in [0.5, 0.6) is 11.5 Å². The minimum absolute atomic E-state index is 0.108. The second-order valence-electron chi connectivity index (χ2n) is 6.35. The summed E-state index contributed by atoms with van der Waals surface area (Å²) in [5, 5.41) is 3.60. The molecule has 0 amide bonds. The Hall–Kier alpha value is -1.33. The van der Waals surface area contributed by atoms with Gasteiger partial charge < -0.3 is 14.8 Å². The van der Waals surface area contributed by atoms with Crippen molar-refractivity contribution in [2.45, 2.75) is 45.3 Å². The highest BCUT2D eigenvalue weighted by molar-refractivity contribution is 5.42. The molecule has 1 unspecified atom stereocenters. The topological polar surface area (TPSA) is 46.6 Å². The van der Waals surface area contributed by atoms with E-state index in [0.29, 0.717) is 6.04 Å². The molecule has 2 rings (SSSR count). The number of aromatic nitrogens is 1. The molecule has 2 heterocycles. The highest BCUT2D eigenvalue weighted by Crippen LogP contribution is 2.30. The zero-order valence-corrected chi connectivity index (χ0v) is 13.8. The van der Waals surface area contributed by atoms with Crippen LogP contribution >= 0.6 is 0 Å². The number of ether oxygens (including phenoxy) is 2. The number of hydrogen-bond donors (Lipinski definition) is 1.